The maximum Gasteiger partial charge on any atom is 0.304 e. The number of likely N-dealkylation sites (tertiary alicyclic amines) is 1. The molecule has 0 unspecified atom stereocenters. The third kappa shape index (κ3) is 7.25. The van der Waals surface area contributed by atoms with E-state index in [2.05, 4.69) is 29.2 Å². The van der Waals surface area contributed by atoms with Crippen LogP contribution in [-0.2, 0) is 9.53 Å². The monoisotopic (exact) mass is 473 g/mol. The van der Waals surface area contributed by atoms with E-state index in [0.717, 1.165) is 36.1 Å². The highest BCUT2D eigenvalue weighted by Gasteiger charge is 2.30. The van der Waals surface area contributed by atoms with Crippen molar-refractivity contribution >= 4 is 5.97 Å². The highest BCUT2D eigenvalue weighted by molar-refractivity contribution is 5.68. The highest BCUT2D eigenvalue weighted by Crippen LogP contribution is 2.29. The molecule has 4 rings (SSSR count). The Morgan fingerprint density at radius 1 is 0.886 bits per heavy atom. The number of ether oxygens (including phenoxy) is 1. The molecule has 184 valence electrons. The van der Waals surface area contributed by atoms with Crippen molar-refractivity contribution in [2.24, 2.45) is 5.92 Å². The molecule has 5 heteroatoms. The summed E-state index contributed by atoms with van der Waals surface area (Å²) in [5, 5.41) is 20.3. The largest absolute Gasteiger partial charge is 0.481 e. The van der Waals surface area contributed by atoms with Crippen molar-refractivity contribution in [1.82, 2.24) is 4.90 Å². The molecular weight excluding hydrogens is 438 g/mol. The van der Waals surface area contributed by atoms with Crippen LogP contribution in [-0.4, -0.2) is 53.4 Å². The van der Waals surface area contributed by atoms with E-state index in [-0.39, 0.29) is 24.4 Å². The number of nitrogens with zero attached hydrogens (tertiary/aromatic N) is 1. The first-order valence-corrected chi connectivity index (χ1v) is 12.5. The van der Waals surface area contributed by atoms with Crippen molar-refractivity contribution in [1.29, 1.82) is 0 Å². The molecule has 0 amide bonds. The molecule has 0 radical (unpaired) electrons. The predicted molar refractivity (Wildman–Crippen MR) is 137 cm³/mol. The molecule has 1 heterocycles. The number of aliphatic carboxylic acids is 1. The number of rotatable bonds is 11. The molecular formula is C30H35NO4. The molecule has 0 bridgehead atoms. The molecule has 3 aromatic rings. The molecule has 3 atom stereocenters. The third-order valence-corrected chi connectivity index (χ3v) is 6.95. The summed E-state index contributed by atoms with van der Waals surface area (Å²) in [5.41, 5.74) is 3.28. The van der Waals surface area contributed by atoms with E-state index in [1.54, 1.807) is 0 Å². The van der Waals surface area contributed by atoms with Crippen LogP contribution in [0.25, 0.3) is 0 Å². The van der Waals surface area contributed by atoms with Gasteiger partial charge < -0.3 is 19.8 Å². The summed E-state index contributed by atoms with van der Waals surface area (Å²) in [4.78, 5) is 13.6. The number of aliphatic hydroxyl groups is 1. The zero-order valence-electron chi connectivity index (χ0n) is 20.1. The first kappa shape index (κ1) is 25.1. The number of β-amino-alcohol motifs (C(OH)–C–C–N with tert-alkyl or cyclic N) is 1. The Kier molecular flexibility index (Phi) is 9.07. The minimum atomic E-state index is -0.794. The molecule has 0 spiro atoms. The fourth-order valence-electron chi connectivity index (χ4n) is 5.06. The summed E-state index contributed by atoms with van der Waals surface area (Å²) < 4.78 is 6.37. The van der Waals surface area contributed by atoms with E-state index in [0.29, 0.717) is 19.7 Å². The lowest BCUT2D eigenvalue weighted by atomic mass is 9.89. The van der Waals surface area contributed by atoms with Gasteiger partial charge in [0.15, 0.2) is 0 Å². The fourth-order valence-corrected chi connectivity index (χ4v) is 5.06. The van der Waals surface area contributed by atoms with Crippen LogP contribution < -0.4 is 0 Å². The molecule has 2 N–H and O–H groups in total. The summed E-state index contributed by atoms with van der Waals surface area (Å²) >= 11 is 0. The zero-order chi connectivity index (χ0) is 24.5. The van der Waals surface area contributed by atoms with Crippen LogP contribution in [0.5, 0.6) is 0 Å². The lowest BCUT2D eigenvalue weighted by Gasteiger charge is -2.37. The second-order valence-electron chi connectivity index (χ2n) is 9.44. The first-order valence-electron chi connectivity index (χ1n) is 12.5. The summed E-state index contributed by atoms with van der Waals surface area (Å²) in [5.74, 6) is -0.704. The molecule has 0 aliphatic carbocycles. The molecule has 35 heavy (non-hydrogen) atoms. The van der Waals surface area contributed by atoms with Crippen LogP contribution >= 0.6 is 0 Å². The summed E-state index contributed by atoms with van der Waals surface area (Å²) in [6.07, 6.45) is 1.19. The van der Waals surface area contributed by atoms with E-state index in [1.807, 2.05) is 66.7 Å². The van der Waals surface area contributed by atoms with Crippen LogP contribution in [0, 0.1) is 5.92 Å². The van der Waals surface area contributed by atoms with Crippen molar-refractivity contribution in [3.05, 3.63) is 108 Å². The van der Waals surface area contributed by atoms with E-state index >= 15 is 0 Å². The normalized spacial score (nSPS) is 19.5. The minimum Gasteiger partial charge on any atom is -0.481 e. The second-order valence-corrected chi connectivity index (χ2v) is 9.44. The number of hydrogen-bond donors (Lipinski definition) is 2. The van der Waals surface area contributed by atoms with Gasteiger partial charge in [-0.3, -0.25) is 4.79 Å². The van der Waals surface area contributed by atoms with Gasteiger partial charge >= 0.3 is 5.97 Å². The van der Waals surface area contributed by atoms with Gasteiger partial charge in [-0.2, -0.15) is 0 Å². The van der Waals surface area contributed by atoms with Crippen molar-refractivity contribution < 1.29 is 19.7 Å². The van der Waals surface area contributed by atoms with Crippen molar-refractivity contribution in [2.45, 2.75) is 37.4 Å². The molecule has 1 aliphatic rings. The topological polar surface area (TPSA) is 70.0 Å². The van der Waals surface area contributed by atoms with E-state index in [4.69, 9.17) is 4.74 Å². The number of carboxylic acid groups (broad SMARTS) is 1. The molecule has 5 nitrogen and oxygen atoms in total. The van der Waals surface area contributed by atoms with Gasteiger partial charge in [-0.1, -0.05) is 91.0 Å². The molecule has 1 fully saturated rings. The molecule has 3 aromatic carbocycles. The smallest absolute Gasteiger partial charge is 0.304 e. The van der Waals surface area contributed by atoms with Crippen LogP contribution in [0.1, 0.15) is 48.0 Å². The van der Waals surface area contributed by atoms with Crippen LogP contribution in [0.3, 0.4) is 0 Å². The Hall–Kier alpha value is -2.99. The Bertz CT molecular complexity index is 988. The molecule has 1 saturated heterocycles. The Morgan fingerprint density at radius 3 is 1.94 bits per heavy atom. The Balaban J connectivity index is 1.31. The van der Waals surface area contributed by atoms with Crippen molar-refractivity contribution in [2.75, 3.05) is 26.2 Å². The van der Waals surface area contributed by atoms with Gasteiger partial charge in [0.2, 0.25) is 0 Å². The fraction of sp³-hybridized carbons (Fsp3) is 0.367. The Labute approximate surface area is 208 Å². The molecule has 0 saturated carbocycles. The summed E-state index contributed by atoms with van der Waals surface area (Å²) in [6, 6.07) is 30.3. The van der Waals surface area contributed by atoms with Gasteiger partial charge in [0.05, 0.1) is 12.5 Å². The number of benzene rings is 3. The van der Waals surface area contributed by atoms with Crippen LogP contribution in [0.15, 0.2) is 91.0 Å². The standard InChI is InChI=1S/C30H35NO4/c32-28-22-31(21-27(20-29(33)34)23-10-4-1-5-11-23)18-16-24(28)17-19-35-30(25-12-6-2-7-13-25)26-14-8-3-9-15-26/h1-15,24,27-28,30,32H,16-22H2,(H,33,34)/t24-,27+,28+/m1/s1. The average molecular weight is 474 g/mol. The first-order chi connectivity index (χ1) is 17.1. The second kappa shape index (κ2) is 12.6. The SMILES string of the molecule is O=C(O)C[C@@H](CN1CC[C@H](CCOC(c2ccccc2)c2ccccc2)[C@@H](O)C1)c1ccccc1. The maximum absolute atomic E-state index is 11.4. The van der Waals surface area contributed by atoms with E-state index in [9.17, 15) is 15.0 Å². The number of carboxylic acids is 1. The number of hydrogen-bond acceptors (Lipinski definition) is 4. The number of piperidine rings is 1. The van der Waals surface area contributed by atoms with Crippen molar-refractivity contribution in [3.63, 3.8) is 0 Å². The number of aliphatic hydroxyl groups excluding tert-OH is 1. The average Bonchev–Trinajstić information content (AvgIpc) is 2.88. The van der Waals surface area contributed by atoms with Crippen molar-refractivity contribution in [3.8, 4) is 0 Å². The van der Waals surface area contributed by atoms with Gasteiger partial charge in [-0.15, -0.1) is 0 Å². The van der Waals surface area contributed by atoms with Gasteiger partial charge in [0.25, 0.3) is 0 Å². The van der Waals surface area contributed by atoms with Gasteiger partial charge in [0, 0.05) is 25.6 Å². The molecule has 1 aliphatic heterocycles. The lowest BCUT2D eigenvalue weighted by molar-refractivity contribution is -0.137. The lowest BCUT2D eigenvalue weighted by Crippen LogP contribution is -2.45. The van der Waals surface area contributed by atoms with Crippen LogP contribution in [0.2, 0.25) is 0 Å². The minimum absolute atomic E-state index is 0.0849. The zero-order valence-corrected chi connectivity index (χ0v) is 20.1. The maximum atomic E-state index is 11.4. The van der Waals surface area contributed by atoms with Gasteiger partial charge in [0.1, 0.15) is 6.10 Å². The van der Waals surface area contributed by atoms with Gasteiger partial charge in [-0.25, -0.2) is 0 Å². The van der Waals surface area contributed by atoms with Gasteiger partial charge in [-0.05, 0) is 42.0 Å². The molecule has 0 aromatic heterocycles. The summed E-state index contributed by atoms with van der Waals surface area (Å²) in [6.45, 7) is 2.63. The number of carbonyl (C=O) groups is 1. The summed E-state index contributed by atoms with van der Waals surface area (Å²) in [7, 11) is 0. The van der Waals surface area contributed by atoms with E-state index < -0.39 is 12.1 Å². The quantitative estimate of drug-likeness (QED) is 0.404. The predicted octanol–water partition coefficient (Wildman–Crippen LogP) is 5.12. The highest BCUT2D eigenvalue weighted by atomic mass is 16.5. The van der Waals surface area contributed by atoms with Crippen LogP contribution in [0.4, 0.5) is 0 Å². The van der Waals surface area contributed by atoms with E-state index in [1.165, 1.54) is 0 Å². The Morgan fingerprint density at radius 2 is 1.43 bits per heavy atom. The third-order valence-electron chi connectivity index (χ3n) is 6.95.